The Morgan fingerprint density at radius 3 is 3.00 bits per heavy atom. The summed E-state index contributed by atoms with van der Waals surface area (Å²) in [5.41, 5.74) is 3.04. The third-order valence-electron chi connectivity index (χ3n) is 3.78. The van der Waals surface area contributed by atoms with Crippen LogP contribution in [0.3, 0.4) is 0 Å². The number of nitrogens with zero attached hydrogens (tertiary/aromatic N) is 4. The Hall–Kier alpha value is -1.75. The van der Waals surface area contributed by atoms with E-state index in [1.54, 1.807) is 0 Å². The maximum Gasteiger partial charge on any atom is 0.107 e. The minimum absolute atomic E-state index is 0.709. The first-order valence-corrected chi connectivity index (χ1v) is 7.40. The zero-order valence-corrected chi connectivity index (χ0v) is 11.9. The molecule has 0 aromatic carbocycles. The maximum atomic E-state index is 4.57. The van der Waals surface area contributed by atoms with Gasteiger partial charge in [0.2, 0.25) is 0 Å². The molecule has 106 valence electrons. The van der Waals surface area contributed by atoms with Gasteiger partial charge in [-0.2, -0.15) is 5.10 Å². The predicted molar refractivity (Wildman–Crippen MR) is 78.2 cm³/mol. The van der Waals surface area contributed by atoms with Gasteiger partial charge in [-0.15, -0.1) is 0 Å². The lowest BCUT2D eigenvalue weighted by Crippen LogP contribution is -2.11. The van der Waals surface area contributed by atoms with E-state index < -0.39 is 0 Å². The summed E-state index contributed by atoms with van der Waals surface area (Å²) in [6, 6.07) is 2.00. The molecule has 2 aromatic rings. The minimum atomic E-state index is 0.709. The summed E-state index contributed by atoms with van der Waals surface area (Å²) in [7, 11) is 0. The quantitative estimate of drug-likeness (QED) is 0.902. The van der Waals surface area contributed by atoms with Crippen LogP contribution in [-0.2, 0) is 13.0 Å². The fourth-order valence-electron chi connectivity index (χ4n) is 2.72. The molecule has 3 heterocycles. The van der Waals surface area contributed by atoms with E-state index in [-0.39, 0.29) is 0 Å². The van der Waals surface area contributed by atoms with Crippen LogP contribution in [-0.4, -0.2) is 32.8 Å². The molecule has 0 spiro atoms. The fourth-order valence-corrected chi connectivity index (χ4v) is 2.72. The Morgan fingerprint density at radius 2 is 2.30 bits per heavy atom. The third kappa shape index (κ3) is 2.88. The molecule has 1 aliphatic rings. The van der Waals surface area contributed by atoms with Crippen LogP contribution in [0.25, 0.3) is 11.4 Å². The van der Waals surface area contributed by atoms with E-state index in [4.69, 9.17) is 0 Å². The topological polar surface area (TPSA) is 55.6 Å². The second-order valence-electron chi connectivity index (χ2n) is 5.40. The Balaban J connectivity index is 1.73. The molecule has 1 saturated heterocycles. The molecule has 1 atom stereocenters. The van der Waals surface area contributed by atoms with Crippen molar-refractivity contribution in [2.75, 3.05) is 13.1 Å². The molecule has 0 aliphatic carbocycles. The van der Waals surface area contributed by atoms with Gasteiger partial charge in [0, 0.05) is 18.9 Å². The van der Waals surface area contributed by atoms with Gasteiger partial charge in [-0.3, -0.25) is 14.6 Å². The molecule has 1 aliphatic heterocycles. The molecule has 3 rings (SSSR count). The second kappa shape index (κ2) is 6.13. The first-order valence-electron chi connectivity index (χ1n) is 7.40. The summed E-state index contributed by atoms with van der Waals surface area (Å²) in [5, 5.41) is 7.72. The number of aromatic nitrogens is 4. The van der Waals surface area contributed by atoms with E-state index in [0.717, 1.165) is 49.6 Å². The molecule has 1 N–H and O–H groups in total. The van der Waals surface area contributed by atoms with E-state index in [1.165, 1.54) is 6.42 Å². The van der Waals surface area contributed by atoms with Crippen LogP contribution < -0.4 is 5.32 Å². The molecule has 0 unspecified atom stereocenters. The molecule has 0 radical (unpaired) electrons. The standard InChI is InChI=1S/C15H21N5/c1-2-7-20-15(4-6-19-20)14-11-17-13(10-18-14)8-12-3-5-16-9-12/h4,6,10-12,16H,2-3,5,7-9H2,1H3/t12-/m1/s1. The fraction of sp³-hybridized carbons (Fsp3) is 0.533. The summed E-state index contributed by atoms with van der Waals surface area (Å²) in [5.74, 6) is 0.709. The second-order valence-corrected chi connectivity index (χ2v) is 5.40. The van der Waals surface area contributed by atoms with Crippen LogP contribution in [0, 0.1) is 5.92 Å². The maximum absolute atomic E-state index is 4.57. The van der Waals surface area contributed by atoms with Gasteiger partial charge in [-0.1, -0.05) is 6.92 Å². The van der Waals surface area contributed by atoms with Crippen LogP contribution in [0.1, 0.15) is 25.5 Å². The lowest BCUT2D eigenvalue weighted by Gasteiger charge is -2.08. The van der Waals surface area contributed by atoms with Gasteiger partial charge in [0.1, 0.15) is 5.69 Å². The third-order valence-corrected chi connectivity index (χ3v) is 3.78. The summed E-state index contributed by atoms with van der Waals surface area (Å²) < 4.78 is 1.99. The first-order chi connectivity index (χ1) is 9.86. The van der Waals surface area contributed by atoms with Crippen molar-refractivity contribution in [2.24, 2.45) is 5.92 Å². The van der Waals surface area contributed by atoms with E-state index in [0.29, 0.717) is 5.92 Å². The number of rotatable bonds is 5. The van der Waals surface area contributed by atoms with Gasteiger partial charge in [-0.25, -0.2) is 0 Å². The van der Waals surface area contributed by atoms with E-state index in [2.05, 4.69) is 27.3 Å². The molecular formula is C15H21N5. The summed E-state index contributed by atoms with van der Waals surface area (Å²) >= 11 is 0. The van der Waals surface area contributed by atoms with Crippen molar-refractivity contribution in [3.63, 3.8) is 0 Å². The highest BCUT2D eigenvalue weighted by molar-refractivity contribution is 5.52. The Kier molecular flexibility index (Phi) is 4.06. The highest BCUT2D eigenvalue weighted by Gasteiger charge is 2.16. The van der Waals surface area contributed by atoms with Crippen LogP contribution in [0.5, 0.6) is 0 Å². The average Bonchev–Trinajstić information content (AvgIpc) is 3.12. The van der Waals surface area contributed by atoms with Crippen molar-refractivity contribution < 1.29 is 0 Å². The molecule has 2 aromatic heterocycles. The summed E-state index contributed by atoms with van der Waals surface area (Å²) in [4.78, 5) is 9.13. The number of aryl methyl sites for hydroxylation is 1. The Labute approximate surface area is 119 Å². The average molecular weight is 271 g/mol. The van der Waals surface area contributed by atoms with Crippen molar-refractivity contribution in [1.29, 1.82) is 0 Å². The normalized spacial score (nSPS) is 18.6. The predicted octanol–water partition coefficient (Wildman–Crippen LogP) is 1.90. The van der Waals surface area contributed by atoms with Gasteiger partial charge in [0.05, 0.1) is 17.6 Å². The van der Waals surface area contributed by atoms with E-state index in [9.17, 15) is 0 Å². The Bertz CT molecular complexity index is 540. The van der Waals surface area contributed by atoms with Crippen LogP contribution >= 0.6 is 0 Å². The smallest absolute Gasteiger partial charge is 0.107 e. The zero-order valence-electron chi connectivity index (χ0n) is 11.9. The zero-order chi connectivity index (χ0) is 13.8. The van der Waals surface area contributed by atoms with E-state index >= 15 is 0 Å². The summed E-state index contributed by atoms with van der Waals surface area (Å²) in [6.45, 7) is 5.30. The first kappa shape index (κ1) is 13.2. The van der Waals surface area contributed by atoms with Crippen LogP contribution in [0.4, 0.5) is 0 Å². The minimum Gasteiger partial charge on any atom is -0.316 e. The largest absolute Gasteiger partial charge is 0.316 e. The van der Waals surface area contributed by atoms with Crippen molar-refractivity contribution in [2.45, 2.75) is 32.7 Å². The van der Waals surface area contributed by atoms with Crippen molar-refractivity contribution in [1.82, 2.24) is 25.1 Å². The monoisotopic (exact) mass is 271 g/mol. The van der Waals surface area contributed by atoms with Gasteiger partial charge in [0.15, 0.2) is 0 Å². The highest BCUT2D eigenvalue weighted by Crippen LogP contribution is 2.17. The van der Waals surface area contributed by atoms with Gasteiger partial charge < -0.3 is 5.32 Å². The molecule has 5 heteroatoms. The molecule has 0 saturated carbocycles. The van der Waals surface area contributed by atoms with Crippen molar-refractivity contribution in [3.8, 4) is 11.4 Å². The van der Waals surface area contributed by atoms with Crippen molar-refractivity contribution >= 4 is 0 Å². The SMILES string of the molecule is CCCn1nccc1-c1cnc(C[C@H]2CCNC2)cn1. The van der Waals surface area contributed by atoms with Gasteiger partial charge >= 0.3 is 0 Å². The number of hydrogen-bond donors (Lipinski definition) is 1. The molecule has 1 fully saturated rings. The molecule has 5 nitrogen and oxygen atoms in total. The van der Waals surface area contributed by atoms with Crippen molar-refractivity contribution in [3.05, 3.63) is 30.4 Å². The number of hydrogen-bond acceptors (Lipinski definition) is 4. The molecule has 0 amide bonds. The van der Waals surface area contributed by atoms with Gasteiger partial charge in [0.25, 0.3) is 0 Å². The number of nitrogens with one attached hydrogen (secondary N) is 1. The Morgan fingerprint density at radius 1 is 1.35 bits per heavy atom. The molecule has 0 bridgehead atoms. The van der Waals surface area contributed by atoms with Crippen LogP contribution in [0.2, 0.25) is 0 Å². The van der Waals surface area contributed by atoms with E-state index in [1.807, 2.05) is 29.3 Å². The lowest BCUT2D eigenvalue weighted by atomic mass is 10.0. The summed E-state index contributed by atoms with van der Waals surface area (Å²) in [6.07, 6.45) is 8.94. The molecule has 20 heavy (non-hydrogen) atoms. The lowest BCUT2D eigenvalue weighted by molar-refractivity contribution is 0.570. The van der Waals surface area contributed by atoms with Gasteiger partial charge in [-0.05, 0) is 44.3 Å². The highest BCUT2D eigenvalue weighted by atomic mass is 15.3. The van der Waals surface area contributed by atoms with Crippen LogP contribution in [0.15, 0.2) is 24.7 Å². The molecular weight excluding hydrogens is 250 g/mol.